The van der Waals surface area contributed by atoms with Crippen LogP contribution in [0.25, 0.3) is 11.1 Å². The van der Waals surface area contributed by atoms with Gasteiger partial charge in [-0.1, -0.05) is 6.07 Å². The lowest BCUT2D eigenvalue weighted by Gasteiger charge is -2.04. The van der Waals surface area contributed by atoms with Crippen molar-refractivity contribution >= 4 is 21.9 Å². The molecule has 2 aromatic rings. The molecule has 19 heavy (non-hydrogen) atoms. The van der Waals surface area contributed by atoms with Crippen molar-refractivity contribution in [1.29, 1.82) is 0 Å². The third kappa shape index (κ3) is 2.71. The Bertz CT molecular complexity index is 632. The number of rotatable bonds is 3. The Morgan fingerprint density at radius 2 is 2.11 bits per heavy atom. The molecule has 0 fully saturated rings. The van der Waals surface area contributed by atoms with Crippen molar-refractivity contribution in [1.82, 2.24) is 9.78 Å². The summed E-state index contributed by atoms with van der Waals surface area (Å²) in [5.41, 5.74) is 2.98. The van der Waals surface area contributed by atoms with E-state index in [4.69, 9.17) is 5.11 Å². The molecule has 0 atom stereocenters. The molecular weight excluding hydrogens is 308 g/mol. The number of benzene rings is 1. The first-order chi connectivity index (χ1) is 8.90. The Morgan fingerprint density at radius 1 is 1.42 bits per heavy atom. The van der Waals surface area contributed by atoms with E-state index in [1.54, 1.807) is 12.1 Å². The van der Waals surface area contributed by atoms with Gasteiger partial charge in [0.05, 0.1) is 11.3 Å². The van der Waals surface area contributed by atoms with Crippen molar-refractivity contribution in [3.8, 4) is 11.1 Å². The van der Waals surface area contributed by atoms with Crippen LogP contribution in [0.1, 0.15) is 35.9 Å². The molecule has 4 nitrogen and oxygen atoms in total. The number of hydrogen-bond donors (Lipinski definition) is 1. The normalized spacial score (nSPS) is 11.0. The fraction of sp³-hybridized carbons (Fsp3) is 0.286. The van der Waals surface area contributed by atoms with Crippen LogP contribution in [-0.2, 0) is 0 Å². The zero-order valence-corrected chi connectivity index (χ0v) is 12.6. The molecule has 1 aromatic heterocycles. The number of aromatic nitrogens is 2. The predicted molar refractivity (Wildman–Crippen MR) is 77.4 cm³/mol. The van der Waals surface area contributed by atoms with Gasteiger partial charge in [0.25, 0.3) is 0 Å². The van der Waals surface area contributed by atoms with Crippen LogP contribution in [0, 0.1) is 6.92 Å². The van der Waals surface area contributed by atoms with E-state index in [2.05, 4.69) is 34.9 Å². The van der Waals surface area contributed by atoms with Crippen molar-refractivity contribution in [2.75, 3.05) is 0 Å². The summed E-state index contributed by atoms with van der Waals surface area (Å²) in [6.45, 7) is 6.04. The molecule has 0 unspecified atom stereocenters. The number of carboxylic acids is 1. The van der Waals surface area contributed by atoms with E-state index in [0.29, 0.717) is 4.47 Å². The van der Waals surface area contributed by atoms with Crippen molar-refractivity contribution in [3.05, 3.63) is 40.1 Å². The van der Waals surface area contributed by atoms with E-state index in [0.717, 1.165) is 16.8 Å². The van der Waals surface area contributed by atoms with Crippen molar-refractivity contribution in [2.24, 2.45) is 0 Å². The standard InChI is InChI=1S/C14H15BrN2O2/c1-8(2)17-7-12(9(3)16-17)10-4-5-13(15)11(6-10)14(18)19/h4-8H,1-3H3,(H,18,19). The first-order valence-electron chi connectivity index (χ1n) is 5.99. The van der Waals surface area contributed by atoms with Gasteiger partial charge in [0.2, 0.25) is 0 Å². The third-order valence-corrected chi connectivity index (χ3v) is 3.64. The molecule has 5 heteroatoms. The van der Waals surface area contributed by atoms with Crippen LogP contribution in [0.2, 0.25) is 0 Å². The molecule has 2 rings (SSSR count). The monoisotopic (exact) mass is 322 g/mol. The van der Waals surface area contributed by atoms with Crippen LogP contribution >= 0.6 is 15.9 Å². The van der Waals surface area contributed by atoms with E-state index in [1.165, 1.54) is 0 Å². The Kier molecular flexibility index (Phi) is 3.75. The van der Waals surface area contributed by atoms with Gasteiger partial charge in [-0.05, 0) is 54.4 Å². The molecule has 0 aliphatic rings. The van der Waals surface area contributed by atoms with Crippen molar-refractivity contribution in [3.63, 3.8) is 0 Å². The average molecular weight is 323 g/mol. The van der Waals surface area contributed by atoms with Crippen molar-refractivity contribution < 1.29 is 9.90 Å². The minimum atomic E-state index is -0.942. The molecule has 0 aliphatic carbocycles. The van der Waals surface area contributed by atoms with Gasteiger partial charge >= 0.3 is 5.97 Å². The lowest BCUT2D eigenvalue weighted by atomic mass is 10.0. The lowest BCUT2D eigenvalue weighted by molar-refractivity contribution is 0.0696. The van der Waals surface area contributed by atoms with Gasteiger partial charge in [0.1, 0.15) is 0 Å². The van der Waals surface area contributed by atoms with Gasteiger partial charge in [-0.3, -0.25) is 4.68 Å². The number of aryl methyl sites for hydroxylation is 1. The Labute approximate surface area is 120 Å². The molecule has 1 N–H and O–H groups in total. The molecule has 0 saturated carbocycles. The average Bonchev–Trinajstić information content (AvgIpc) is 2.72. The zero-order valence-electron chi connectivity index (χ0n) is 11.0. The molecule has 1 heterocycles. The summed E-state index contributed by atoms with van der Waals surface area (Å²) in [4.78, 5) is 11.2. The smallest absolute Gasteiger partial charge is 0.336 e. The number of nitrogens with zero attached hydrogens (tertiary/aromatic N) is 2. The largest absolute Gasteiger partial charge is 0.478 e. The summed E-state index contributed by atoms with van der Waals surface area (Å²) in [5, 5.41) is 13.6. The topological polar surface area (TPSA) is 55.1 Å². The highest BCUT2D eigenvalue weighted by atomic mass is 79.9. The highest BCUT2D eigenvalue weighted by molar-refractivity contribution is 9.10. The Balaban J connectivity index is 2.53. The highest BCUT2D eigenvalue weighted by Crippen LogP contribution is 2.28. The second-order valence-electron chi connectivity index (χ2n) is 4.70. The third-order valence-electron chi connectivity index (χ3n) is 2.95. The number of carboxylic acid groups (broad SMARTS) is 1. The molecule has 100 valence electrons. The summed E-state index contributed by atoms with van der Waals surface area (Å²) in [5.74, 6) is -0.942. The van der Waals surface area contributed by atoms with Crippen LogP contribution in [0.5, 0.6) is 0 Å². The van der Waals surface area contributed by atoms with Crippen LogP contribution in [0.4, 0.5) is 0 Å². The van der Waals surface area contributed by atoms with Crippen LogP contribution in [0.15, 0.2) is 28.9 Å². The first-order valence-corrected chi connectivity index (χ1v) is 6.78. The summed E-state index contributed by atoms with van der Waals surface area (Å²) in [7, 11) is 0. The SMILES string of the molecule is Cc1nn(C(C)C)cc1-c1ccc(Br)c(C(=O)O)c1. The van der Waals surface area contributed by atoms with Gasteiger partial charge in [-0.15, -0.1) is 0 Å². The van der Waals surface area contributed by atoms with E-state index in [1.807, 2.05) is 23.9 Å². The van der Waals surface area contributed by atoms with Gasteiger partial charge < -0.3 is 5.11 Å². The molecular formula is C14H15BrN2O2. The number of hydrogen-bond acceptors (Lipinski definition) is 2. The second kappa shape index (κ2) is 5.17. The van der Waals surface area contributed by atoms with Gasteiger partial charge in [-0.2, -0.15) is 5.10 Å². The van der Waals surface area contributed by atoms with Gasteiger partial charge in [0.15, 0.2) is 0 Å². The van der Waals surface area contributed by atoms with Crippen LogP contribution in [0.3, 0.4) is 0 Å². The van der Waals surface area contributed by atoms with E-state index in [-0.39, 0.29) is 11.6 Å². The Hall–Kier alpha value is -1.62. The van der Waals surface area contributed by atoms with Gasteiger partial charge in [0, 0.05) is 22.3 Å². The maximum Gasteiger partial charge on any atom is 0.336 e. The number of halogens is 1. The zero-order chi connectivity index (χ0) is 14.2. The molecule has 0 bridgehead atoms. The van der Waals surface area contributed by atoms with E-state index in [9.17, 15) is 4.79 Å². The Morgan fingerprint density at radius 3 is 2.63 bits per heavy atom. The van der Waals surface area contributed by atoms with Gasteiger partial charge in [-0.25, -0.2) is 4.79 Å². The minimum Gasteiger partial charge on any atom is -0.478 e. The van der Waals surface area contributed by atoms with E-state index >= 15 is 0 Å². The minimum absolute atomic E-state index is 0.259. The summed E-state index contributed by atoms with van der Waals surface area (Å²) in [6.07, 6.45) is 1.95. The first kappa shape index (κ1) is 13.8. The lowest BCUT2D eigenvalue weighted by Crippen LogP contribution is -2.00. The number of carbonyl (C=O) groups is 1. The van der Waals surface area contributed by atoms with Crippen molar-refractivity contribution in [2.45, 2.75) is 26.8 Å². The molecule has 0 amide bonds. The highest BCUT2D eigenvalue weighted by Gasteiger charge is 2.13. The molecule has 0 spiro atoms. The molecule has 0 saturated heterocycles. The summed E-state index contributed by atoms with van der Waals surface area (Å²) >= 11 is 3.25. The van der Waals surface area contributed by atoms with Crippen LogP contribution in [-0.4, -0.2) is 20.9 Å². The summed E-state index contributed by atoms with van der Waals surface area (Å²) in [6, 6.07) is 5.60. The maximum absolute atomic E-state index is 11.2. The maximum atomic E-state index is 11.2. The molecule has 1 aromatic carbocycles. The quantitative estimate of drug-likeness (QED) is 0.932. The number of aromatic carboxylic acids is 1. The second-order valence-corrected chi connectivity index (χ2v) is 5.56. The predicted octanol–water partition coefficient (Wildman–Crippen LogP) is 3.90. The summed E-state index contributed by atoms with van der Waals surface area (Å²) < 4.78 is 2.46. The fourth-order valence-corrected chi connectivity index (χ4v) is 2.30. The fourth-order valence-electron chi connectivity index (χ4n) is 1.89. The molecule has 0 aliphatic heterocycles. The molecule has 0 radical (unpaired) electrons. The van der Waals surface area contributed by atoms with Crippen LogP contribution < -0.4 is 0 Å². The van der Waals surface area contributed by atoms with E-state index < -0.39 is 5.97 Å².